The third-order valence-corrected chi connectivity index (χ3v) is 2.98. The highest BCUT2D eigenvalue weighted by Crippen LogP contribution is 2.22. The molecule has 0 saturated carbocycles. The SMILES string of the molecule is C=CCOc1nc(N)nc2c1ncn2Cc1ccccc1. The Morgan fingerprint density at radius 2 is 2.05 bits per heavy atom. The van der Waals surface area contributed by atoms with E-state index >= 15 is 0 Å². The molecule has 0 unspecified atom stereocenters. The van der Waals surface area contributed by atoms with E-state index in [4.69, 9.17) is 10.5 Å². The van der Waals surface area contributed by atoms with Crippen molar-refractivity contribution in [3.8, 4) is 5.88 Å². The van der Waals surface area contributed by atoms with Gasteiger partial charge in [-0.2, -0.15) is 9.97 Å². The highest BCUT2D eigenvalue weighted by Gasteiger charge is 2.13. The molecule has 0 radical (unpaired) electrons. The molecule has 0 saturated heterocycles. The molecule has 0 aliphatic heterocycles. The molecule has 6 heteroatoms. The number of aromatic nitrogens is 4. The summed E-state index contributed by atoms with van der Waals surface area (Å²) in [7, 11) is 0. The minimum Gasteiger partial charge on any atom is -0.472 e. The number of ether oxygens (including phenoxy) is 1. The van der Waals surface area contributed by atoms with Gasteiger partial charge in [-0.05, 0) is 5.56 Å². The lowest BCUT2D eigenvalue weighted by molar-refractivity contribution is 0.353. The van der Waals surface area contributed by atoms with E-state index in [1.807, 2.05) is 34.9 Å². The Hall–Kier alpha value is -2.89. The van der Waals surface area contributed by atoms with Crippen molar-refractivity contribution in [2.45, 2.75) is 6.54 Å². The van der Waals surface area contributed by atoms with Crippen LogP contribution in [0.4, 0.5) is 5.95 Å². The first-order chi connectivity index (χ1) is 10.3. The summed E-state index contributed by atoms with van der Waals surface area (Å²) in [5.74, 6) is 0.542. The fourth-order valence-corrected chi connectivity index (χ4v) is 2.07. The van der Waals surface area contributed by atoms with Crippen molar-refractivity contribution in [2.75, 3.05) is 12.3 Å². The Morgan fingerprint density at radius 1 is 1.24 bits per heavy atom. The van der Waals surface area contributed by atoms with Crippen LogP contribution in [-0.2, 0) is 6.54 Å². The minimum atomic E-state index is 0.163. The average molecular weight is 281 g/mol. The average Bonchev–Trinajstić information content (AvgIpc) is 2.89. The number of imidazole rings is 1. The Bertz CT molecular complexity index is 766. The molecule has 1 aromatic carbocycles. The molecule has 0 fully saturated rings. The molecule has 0 amide bonds. The molecule has 0 aliphatic rings. The van der Waals surface area contributed by atoms with E-state index in [0.717, 1.165) is 5.56 Å². The molecule has 6 nitrogen and oxygen atoms in total. The third kappa shape index (κ3) is 2.69. The van der Waals surface area contributed by atoms with Gasteiger partial charge in [0.2, 0.25) is 11.8 Å². The predicted molar refractivity (Wildman–Crippen MR) is 81.0 cm³/mol. The van der Waals surface area contributed by atoms with Crippen molar-refractivity contribution in [2.24, 2.45) is 0 Å². The Morgan fingerprint density at radius 3 is 2.81 bits per heavy atom. The molecule has 0 bridgehead atoms. The van der Waals surface area contributed by atoms with E-state index in [1.165, 1.54) is 0 Å². The summed E-state index contributed by atoms with van der Waals surface area (Å²) in [6.45, 7) is 4.62. The Labute approximate surface area is 121 Å². The number of rotatable bonds is 5. The number of benzene rings is 1. The van der Waals surface area contributed by atoms with Gasteiger partial charge in [0.25, 0.3) is 0 Å². The van der Waals surface area contributed by atoms with Crippen molar-refractivity contribution in [3.05, 3.63) is 54.9 Å². The lowest BCUT2D eigenvalue weighted by atomic mass is 10.2. The Kier molecular flexibility index (Phi) is 3.51. The van der Waals surface area contributed by atoms with E-state index in [0.29, 0.717) is 30.2 Å². The third-order valence-electron chi connectivity index (χ3n) is 2.98. The molecular weight excluding hydrogens is 266 g/mol. The summed E-state index contributed by atoms with van der Waals surface area (Å²) in [6.07, 6.45) is 3.36. The zero-order valence-electron chi connectivity index (χ0n) is 11.4. The van der Waals surface area contributed by atoms with Gasteiger partial charge in [0.15, 0.2) is 11.2 Å². The van der Waals surface area contributed by atoms with Crippen molar-refractivity contribution in [1.29, 1.82) is 0 Å². The van der Waals surface area contributed by atoms with Crippen LogP contribution in [0.25, 0.3) is 11.2 Å². The maximum atomic E-state index is 5.75. The molecule has 2 aromatic heterocycles. The minimum absolute atomic E-state index is 0.163. The topological polar surface area (TPSA) is 78.8 Å². The summed E-state index contributed by atoms with van der Waals surface area (Å²) >= 11 is 0. The lowest BCUT2D eigenvalue weighted by Crippen LogP contribution is -2.04. The number of anilines is 1. The second-order valence-corrected chi connectivity index (χ2v) is 4.52. The molecule has 2 N–H and O–H groups in total. The van der Waals surface area contributed by atoms with Gasteiger partial charge < -0.3 is 15.0 Å². The summed E-state index contributed by atoms with van der Waals surface area (Å²) in [4.78, 5) is 12.7. The second kappa shape index (κ2) is 5.62. The summed E-state index contributed by atoms with van der Waals surface area (Å²) in [5, 5.41) is 0. The van der Waals surface area contributed by atoms with Crippen LogP contribution in [0, 0.1) is 0 Å². The van der Waals surface area contributed by atoms with Crippen molar-refractivity contribution in [3.63, 3.8) is 0 Å². The molecule has 0 aliphatic carbocycles. The van der Waals surface area contributed by atoms with Gasteiger partial charge in [0.1, 0.15) is 6.61 Å². The second-order valence-electron chi connectivity index (χ2n) is 4.52. The molecule has 0 spiro atoms. The molecule has 106 valence electrons. The number of nitrogen functional groups attached to an aromatic ring is 1. The van der Waals surface area contributed by atoms with Gasteiger partial charge in [-0.25, -0.2) is 4.98 Å². The number of fused-ring (bicyclic) bond motifs is 1. The maximum absolute atomic E-state index is 5.75. The summed E-state index contributed by atoms with van der Waals surface area (Å²) < 4.78 is 7.41. The largest absolute Gasteiger partial charge is 0.472 e. The van der Waals surface area contributed by atoms with E-state index < -0.39 is 0 Å². The van der Waals surface area contributed by atoms with Gasteiger partial charge >= 0.3 is 0 Å². The van der Waals surface area contributed by atoms with Crippen LogP contribution in [0.2, 0.25) is 0 Å². The van der Waals surface area contributed by atoms with Crippen LogP contribution < -0.4 is 10.5 Å². The van der Waals surface area contributed by atoms with Crippen LogP contribution in [-0.4, -0.2) is 26.1 Å². The van der Waals surface area contributed by atoms with Crippen LogP contribution in [0.5, 0.6) is 5.88 Å². The standard InChI is InChI=1S/C15H15N5O/c1-2-8-21-14-12-13(18-15(16)19-14)20(10-17-12)9-11-6-4-3-5-7-11/h2-7,10H,1,8-9H2,(H2,16,18,19). The molecule has 2 heterocycles. The van der Waals surface area contributed by atoms with Crippen LogP contribution in [0.1, 0.15) is 5.56 Å². The fraction of sp³-hybridized carbons (Fsp3) is 0.133. The number of hydrogen-bond acceptors (Lipinski definition) is 5. The van der Waals surface area contributed by atoms with E-state index in [9.17, 15) is 0 Å². The molecular formula is C15H15N5O. The first-order valence-electron chi connectivity index (χ1n) is 6.54. The van der Waals surface area contributed by atoms with Gasteiger partial charge in [-0.1, -0.05) is 43.0 Å². The maximum Gasteiger partial charge on any atom is 0.247 e. The predicted octanol–water partition coefficient (Wildman–Crippen LogP) is 2.02. The summed E-state index contributed by atoms with van der Waals surface area (Å²) in [5.41, 5.74) is 8.16. The van der Waals surface area contributed by atoms with Crippen molar-refractivity contribution in [1.82, 2.24) is 19.5 Å². The highest BCUT2D eigenvalue weighted by atomic mass is 16.5. The monoisotopic (exact) mass is 281 g/mol. The zero-order valence-corrected chi connectivity index (χ0v) is 11.4. The molecule has 21 heavy (non-hydrogen) atoms. The molecule has 0 atom stereocenters. The number of nitrogens with zero attached hydrogens (tertiary/aromatic N) is 4. The highest BCUT2D eigenvalue weighted by molar-refractivity contribution is 5.77. The molecule has 3 rings (SSSR count). The normalized spacial score (nSPS) is 10.7. The van der Waals surface area contributed by atoms with E-state index in [2.05, 4.69) is 21.5 Å². The quantitative estimate of drug-likeness (QED) is 0.724. The zero-order chi connectivity index (χ0) is 14.7. The first-order valence-corrected chi connectivity index (χ1v) is 6.54. The van der Waals surface area contributed by atoms with Gasteiger partial charge in [0, 0.05) is 0 Å². The van der Waals surface area contributed by atoms with Gasteiger partial charge in [-0.15, -0.1) is 0 Å². The first kappa shape index (κ1) is 13.1. The van der Waals surface area contributed by atoms with Gasteiger partial charge in [0.05, 0.1) is 12.9 Å². The van der Waals surface area contributed by atoms with Crippen LogP contribution in [0.3, 0.4) is 0 Å². The van der Waals surface area contributed by atoms with Crippen molar-refractivity contribution < 1.29 is 4.74 Å². The number of nitrogens with two attached hydrogens (primary N) is 1. The number of hydrogen-bond donors (Lipinski definition) is 1. The van der Waals surface area contributed by atoms with E-state index in [1.54, 1.807) is 12.4 Å². The van der Waals surface area contributed by atoms with Crippen LogP contribution in [0.15, 0.2) is 49.3 Å². The van der Waals surface area contributed by atoms with Crippen molar-refractivity contribution >= 4 is 17.1 Å². The summed E-state index contributed by atoms with van der Waals surface area (Å²) in [6, 6.07) is 10.1. The smallest absolute Gasteiger partial charge is 0.247 e. The van der Waals surface area contributed by atoms with Crippen LogP contribution >= 0.6 is 0 Å². The molecule has 3 aromatic rings. The fourth-order valence-electron chi connectivity index (χ4n) is 2.07. The van der Waals surface area contributed by atoms with E-state index in [-0.39, 0.29) is 5.95 Å². The van der Waals surface area contributed by atoms with Gasteiger partial charge in [-0.3, -0.25) is 0 Å². The lowest BCUT2D eigenvalue weighted by Gasteiger charge is -2.06. The Balaban J connectivity index is 2.01.